The highest BCUT2D eigenvalue weighted by atomic mass is 16.4. The predicted molar refractivity (Wildman–Crippen MR) is 71.7 cm³/mol. The molecular formula is C14H26N2O2. The summed E-state index contributed by atoms with van der Waals surface area (Å²) < 4.78 is 0. The Morgan fingerprint density at radius 1 is 1.06 bits per heavy atom. The maximum atomic E-state index is 11.7. The fraction of sp³-hybridized carbons (Fsp3) is 0.929. The van der Waals surface area contributed by atoms with Gasteiger partial charge in [0.2, 0.25) is 0 Å². The predicted octanol–water partition coefficient (Wildman–Crippen LogP) is 1.71. The van der Waals surface area contributed by atoms with E-state index < -0.39 is 5.97 Å². The molecule has 0 aromatic carbocycles. The van der Waals surface area contributed by atoms with Crippen LogP contribution in [0.5, 0.6) is 0 Å². The molecule has 104 valence electrons. The second-order valence-electron chi connectivity index (χ2n) is 5.67. The second kappa shape index (κ2) is 7.10. The third kappa shape index (κ3) is 3.69. The van der Waals surface area contributed by atoms with Gasteiger partial charge in [0.05, 0.1) is 0 Å². The van der Waals surface area contributed by atoms with Crippen LogP contribution >= 0.6 is 0 Å². The maximum absolute atomic E-state index is 11.7. The Morgan fingerprint density at radius 2 is 1.78 bits per heavy atom. The van der Waals surface area contributed by atoms with Crippen molar-refractivity contribution in [2.45, 2.75) is 51.0 Å². The fourth-order valence-corrected chi connectivity index (χ4v) is 3.43. The van der Waals surface area contributed by atoms with Crippen molar-refractivity contribution in [3.05, 3.63) is 0 Å². The van der Waals surface area contributed by atoms with Crippen LogP contribution in [-0.4, -0.2) is 48.2 Å². The minimum atomic E-state index is -0.608. The first-order chi connectivity index (χ1) is 8.79. The largest absolute Gasteiger partial charge is 0.480 e. The van der Waals surface area contributed by atoms with Gasteiger partial charge in [-0.2, -0.15) is 0 Å². The molecule has 1 unspecified atom stereocenters. The molecule has 0 spiro atoms. The molecule has 0 aromatic heterocycles. The molecule has 2 N–H and O–H groups in total. The van der Waals surface area contributed by atoms with Crippen LogP contribution in [0.2, 0.25) is 0 Å². The Hall–Kier alpha value is -0.610. The molecule has 0 amide bonds. The number of carbonyl (C=O) groups is 1. The number of rotatable bonds is 3. The molecule has 0 radical (unpaired) electrons. The van der Waals surface area contributed by atoms with E-state index in [1.54, 1.807) is 0 Å². The second-order valence-corrected chi connectivity index (χ2v) is 5.67. The number of nitrogens with one attached hydrogen (secondary N) is 1. The third-order valence-electron chi connectivity index (χ3n) is 4.37. The van der Waals surface area contributed by atoms with E-state index in [0.29, 0.717) is 5.92 Å². The number of hydrogen-bond donors (Lipinski definition) is 2. The van der Waals surface area contributed by atoms with Gasteiger partial charge in [-0.1, -0.05) is 25.7 Å². The Kier molecular flexibility index (Phi) is 5.45. The van der Waals surface area contributed by atoms with Gasteiger partial charge in [-0.15, -0.1) is 0 Å². The lowest BCUT2D eigenvalue weighted by atomic mass is 9.90. The van der Waals surface area contributed by atoms with Crippen molar-refractivity contribution >= 4 is 5.97 Å². The number of carboxylic acid groups (broad SMARTS) is 1. The van der Waals surface area contributed by atoms with Gasteiger partial charge in [0.15, 0.2) is 0 Å². The van der Waals surface area contributed by atoms with Crippen molar-refractivity contribution in [2.24, 2.45) is 5.92 Å². The quantitative estimate of drug-likeness (QED) is 0.753. The lowest BCUT2D eigenvalue weighted by Gasteiger charge is -2.33. The summed E-state index contributed by atoms with van der Waals surface area (Å²) in [5.41, 5.74) is 0. The summed E-state index contributed by atoms with van der Waals surface area (Å²) in [5, 5.41) is 13.0. The third-order valence-corrected chi connectivity index (χ3v) is 4.37. The Balaban J connectivity index is 2.02. The van der Waals surface area contributed by atoms with Crippen molar-refractivity contribution in [3.8, 4) is 0 Å². The van der Waals surface area contributed by atoms with E-state index in [1.807, 2.05) is 0 Å². The van der Waals surface area contributed by atoms with E-state index in [0.717, 1.165) is 45.4 Å². The van der Waals surface area contributed by atoms with Crippen molar-refractivity contribution in [1.29, 1.82) is 0 Å². The van der Waals surface area contributed by atoms with E-state index in [9.17, 15) is 9.90 Å². The SMILES string of the molecule is O=C(O)C(C1CCCCCC1)N1CCCNCC1. The number of hydrogen-bond acceptors (Lipinski definition) is 3. The molecule has 4 heteroatoms. The topological polar surface area (TPSA) is 52.6 Å². The first-order valence-electron chi connectivity index (χ1n) is 7.46. The molecule has 1 aliphatic carbocycles. The van der Waals surface area contributed by atoms with Crippen molar-refractivity contribution in [2.75, 3.05) is 26.2 Å². The monoisotopic (exact) mass is 254 g/mol. The van der Waals surface area contributed by atoms with Crippen LogP contribution in [0.3, 0.4) is 0 Å². The van der Waals surface area contributed by atoms with Gasteiger partial charge >= 0.3 is 5.97 Å². The van der Waals surface area contributed by atoms with Crippen LogP contribution in [0.15, 0.2) is 0 Å². The molecule has 0 aromatic rings. The van der Waals surface area contributed by atoms with Gasteiger partial charge in [-0.05, 0) is 31.7 Å². The van der Waals surface area contributed by atoms with Gasteiger partial charge in [-0.3, -0.25) is 9.69 Å². The van der Waals surface area contributed by atoms with Gasteiger partial charge in [0.1, 0.15) is 6.04 Å². The molecule has 2 aliphatic rings. The zero-order valence-electron chi connectivity index (χ0n) is 11.2. The molecule has 1 heterocycles. The molecule has 1 aliphatic heterocycles. The smallest absolute Gasteiger partial charge is 0.321 e. The zero-order valence-corrected chi connectivity index (χ0v) is 11.2. The normalized spacial score (nSPS) is 26.2. The molecule has 0 bridgehead atoms. The Labute approximate surface area is 110 Å². The van der Waals surface area contributed by atoms with E-state index in [1.165, 1.54) is 25.7 Å². The molecule has 1 saturated carbocycles. The summed E-state index contributed by atoms with van der Waals surface area (Å²) in [6.45, 7) is 3.76. The van der Waals surface area contributed by atoms with Gasteiger partial charge in [0.25, 0.3) is 0 Å². The number of nitrogens with zero attached hydrogens (tertiary/aromatic N) is 1. The van der Waals surface area contributed by atoms with E-state index in [4.69, 9.17) is 0 Å². The Morgan fingerprint density at radius 3 is 2.44 bits per heavy atom. The summed E-state index contributed by atoms with van der Waals surface area (Å²) >= 11 is 0. The Bertz CT molecular complexity index is 235. The summed E-state index contributed by atoms with van der Waals surface area (Å²) in [4.78, 5) is 13.9. The maximum Gasteiger partial charge on any atom is 0.321 e. The van der Waals surface area contributed by atoms with Crippen LogP contribution in [-0.2, 0) is 4.79 Å². The summed E-state index contributed by atoms with van der Waals surface area (Å²) in [6, 6.07) is -0.247. The lowest BCUT2D eigenvalue weighted by Crippen LogP contribution is -2.47. The molecule has 1 atom stereocenters. The van der Waals surface area contributed by atoms with E-state index in [2.05, 4.69) is 10.2 Å². The molecule has 4 nitrogen and oxygen atoms in total. The van der Waals surface area contributed by atoms with Crippen molar-refractivity contribution < 1.29 is 9.90 Å². The zero-order chi connectivity index (χ0) is 12.8. The van der Waals surface area contributed by atoms with Crippen molar-refractivity contribution in [3.63, 3.8) is 0 Å². The standard InChI is InChI=1S/C14H26N2O2/c17-14(18)13(12-6-3-1-2-4-7-12)16-10-5-8-15-9-11-16/h12-13,15H,1-11H2,(H,17,18). The number of aliphatic carboxylic acids is 1. The summed E-state index contributed by atoms with van der Waals surface area (Å²) in [6.07, 6.45) is 8.24. The average molecular weight is 254 g/mol. The average Bonchev–Trinajstić information content (AvgIpc) is 2.74. The summed E-state index contributed by atoms with van der Waals surface area (Å²) in [7, 11) is 0. The molecule has 1 saturated heterocycles. The summed E-state index contributed by atoms with van der Waals surface area (Å²) in [5.74, 6) is -0.244. The fourth-order valence-electron chi connectivity index (χ4n) is 3.43. The van der Waals surface area contributed by atoms with Gasteiger partial charge in [-0.25, -0.2) is 0 Å². The van der Waals surface area contributed by atoms with Crippen LogP contribution in [0.25, 0.3) is 0 Å². The molecule has 2 rings (SSSR count). The van der Waals surface area contributed by atoms with Crippen LogP contribution in [0.4, 0.5) is 0 Å². The van der Waals surface area contributed by atoms with E-state index >= 15 is 0 Å². The lowest BCUT2D eigenvalue weighted by molar-refractivity contribution is -0.145. The highest BCUT2D eigenvalue weighted by Crippen LogP contribution is 2.28. The van der Waals surface area contributed by atoms with Crippen LogP contribution in [0, 0.1) is 5.92 Å². The van der Waals surface area contributed by atoms with Crippen molar-refractivity contribution in [1.82, 2.24) is 10.2 Å². The van der Waals surface area contributed by atoms with E-state index in [-0.39, 0.29) is 6.04 Å². The number of carboxylic acids is 1. The molecular weight excluding hydrogens is 228 g/mol. The van der Waals surface area contributed by atoms with Gasteiger partial charge < -0.3 is 10.4 Å². The first kappa shape index (κ1) is 13.8. The highest BCUT2D eigenvalue weighted by molar-refractivity contribution is 5.74. The molecule has 2 fully saturated rings. The minimum Gasteiger partial charge on any atom is -0.480 e. The van der Waals surface area contributed by atoms with Crippen LogP contribution < -0.4 is 5.32 Å². The van der Waals surface area contributed by atoms with Gasteiger partial charge in [0, 0.05) is 19.6 Å². The highest BCUT2D eigenvalue weighted by Gasteiger charge is 2.33. The molecule has 18 heavy (non-hydrogen) atoms. The first-order valence-corrected chi connectivity index (χ1v) is 7.46. The minimum absolute atomic E-state index is 0.247. The van der Waals surface area contributed by atoms with Crippen LogP contribution in [0.1, 0.15) is 44.9 Å².